The van der Waals surface area contributed by atoms with Gasteiger partial charge in [0, 0.05) is 12.0 Å². The van der Waals surface area contributed by atoms with E-state index in [1.165, 1.54) is 43.5 Å². The van der Waals surface area contributed by atoms with Crippen LogP contribution in [0.2, 0.25) is 0 Å². The number of benzene rings is 4. The molecule has 212 valence electrons. The predicted molar refractivity (Wildman–Crippen MR) is 175 cm³/mol. The number of hydrogen-bond acceptors (Lipinski definition) is 3. The van der Waals surface area contributed by atoms with Crippen LogP contribution in [0, 0.1) is 5.41 Å². The van der Waals surface area contributed by atoms with Gasteiger partial charge in [-0.25, -0.2) is 0 Å². The second-order valence-electron chi connectivity index (χ2n) is 11.9. The van der Waals surface area contributed by atoms with Crippen molar-refractivity contribution in [2.75, 3.05) is 6.61 Å². The number of fused-ring (bicyclic) bond motifs is 5. The minimum atomic E-state index is 0.0968. The molecule has 0 saturated heterocycles. The SMILES string of the molecule is C1=CCOC=C1.CC1(C)C=Cc2c(ccc3c4c(ccc23)=CCC(c2ccc(CN)cc2OCc2ccccc2)C4)=C1. The van der Waals surface area contributed by atoms with Gasteiger partial charge in [0.1, 0.15) is 19.0 Å². The van der Waals surface area contributed by atoms with E-state index in [0.717, 1.165) is 30.8 Å². The highest BCUT2D eigenvalue weighted by Gasteiger charge is 2.23. The van der Waals surface area contributed by atoms with Crippen molar-refractivity contribution in [3.05, 3.63) is 142 Å². The van der Waals surface area contributed by atoms with Crippen LogP contribution in [-0.2, 0) is 24.3 Å². The molecule has 3 aliphatic rings. The molecule has 2 aliphatic carbocycles. The van der Waals surface area contributed by atoms with Crippen molar-refractivity contribution in [1.82, 2.24) is 0 Å². The molecule has 0 aromatic heterocycles. The molecule has 1 atom stereocenters. The molecular formula is C39H39NO2. The van der Waals surface area contributed by atoms with Crippen LogP contribution in [0.15, 0.2) is 103 Å². The summed E-state index contributed by atoms with van der Waals surface area (Å²) in [7, 11) is 0. The van der Waals surface area contributed by atoms with Crippen molar-refractivity contribution in [3.8, 4) is 5.75 Å². The molecule has 0 fully saturated rings. The van der Waals surface area contributed by atoms with E-state index in [4.69, 9.17) is 15.2 Å². The van der Waals surface area contributed by atoms with Crippen molar-refractivity contribution in [3.63, 3.8) is 0 Å². The van der Waals surface area contributed by atoms with Crippen LogP contribution in [0.1, 0.15) is 54.0 Å². The molecule has 42 heavy (non-hydrogen) atoms. The van der Waals surface area contributed by atoms with Gasteiger partial charge in [-0.1, -0.05) is 111 Å². The Hall–Kier alpha value is -4.34. The lowest BCUT2D eigenvalue weighted by Crippen LogP contribution is -2.22. The average molecular weight is 554 g/mol. The molecule has 4 aromatic rings. The largest absolute Gasteiger partial charge is 0.497 e. The van der Waals surface area contributed by atoms with E-state index in [1.54, 1.807) is 6.26 Å². The molecule has 2 N–H and O–H groups in total. The fourth-order valence-corrected chi connectivity index (χ4v) is 6.09. The third-order valence-corrected chi connectivity index (χ3v) is 8.31. The molecule has 3 heteroatoms. The van der Waals surface area contributed by atoms with Crippen LogP contribution in [-0.4, -0.2) is 6.61 Å². The highest BCUT2D eigenvalue weighted by Crippen LogP contribution is 2.37. The Balaban J connectivity index is 0.000000470. The predicted octanol–water partition coefficient (Wildman–Crippen LogP) is 7.31. The van der Waals surface area contributed by atoms with Crippen LogP contribution in [0.3, 0.4) is 0 Å². The van der Waals surface area contributed by atoms with Crippen molar-refractivity contribution in [2.45, 2.75) is 45.8 Å². The Kier molecular flexibility index (Phi) is 8.12. The Morgan fingerprint density at radius 2 is 1.74 bits per heavy atom. The molecule has 7 rings (SSSR count). The van der Waals surface area contributed by atoms with Gasteiger partial charge in [0.2, 0.25) is 0 Å². The van der Waals surface area contributed by atoms with E-state index in [0.29, 0.717) is 19.1 Å². The minimum absolute atomic E-state index is 0.0968. The molecule has 1 aliphatic heterocycles. The zero-order valence-electron chi connectivity index (χ0n) is 24.6. The monoisotopic (exact) mass is 553 g/mol. The van der Waals surface area contributed by atoms with E-state index in [-0.39, 0.29) is 5.41 Å². The summed E-state index contributed by atoms with van der Waals surface area (Å²) in [6.07, 6.45) is 18.9. The Morgan fingerprint density at radius 3 is 2.48 bits per heavy atom. The summed E-state index contributed by atoms with van der Waals surface area (Å²) in [6.45, 7) is 6.32. The summed E-state index contributed by atoms with van der Waals surface area (Å²) in [5.41, 5.74) is 12.4. The molecular weight excluding hydrogens is 514 g/mol. The topological polar surface area (TPSA) is 44.5 Å². The number of ether oxygens (including phenoxy) is 2. The summed E-state index contributed by atoms with van der Waals surface area (Å²) >= 11 is 0. The molecule has 0 saturated carbocycles. The first kappa shape index (κ1) is 27.8. The highest BCUT2D eigenvalue weighted by molar-refractivity contribution is 5.94. The van der Waals surface area contributed by atoms with Crippen molar-refractivity contribution >= 4 is 29.0 Å². The molecule has 0 bridgehead atoms. The lowest BCUT2D eigenvalue weighted by atomic mass is 9.80. The van der Waals surface area contributed by atoms with Gasteiger partial charge in [-0.3, -0.25) is 0 Å². The van der Waals surface area contributed by atoms with Crippen molar-refractivity contribution in [1.29, 1.82) is 0 Å². The molecule has 1 heterocycles. The Bertz CT molecular complexity index is 1780. The number of hydrogen-bond donors (Lipinski definition) is 1. The summed E-state index contributed by atoms with van der Waals surface area (Å²) in [6, 6.07) is 26.1. The summed E-state index contributed by atoms with van der Waals surface area (Å²) < 4.78 is 11.2. The van der Waals surface area contributed by atoms with E-state index < -0.39 is 0 Å². The minimum Gasteiger partial charge on any atom is -0.497 e. The zero-order chi connectivity index (χ0) is 28.9. The fourth-order valence-electron chi connectivity index (χ4n) is 6.09. The Morgan fingerprint density at radius 1 is 0.905 bits per heavy atom. The van der Waals surface area contributed by atoms with E-state index in [9.17, 15) is 0 Å². The molecule has 0 spiro atoms. The molecule has 4 aromatic carbocycles. The highest BCUT2D eigenvalue weighted by atomic mass is 16.5. The van der Waals surface area contributed by atoms with Gasteiger partial charge < -0.3 is 15.2 Å². The summed E-state index contributed by atoms with van der Waals surface area (Å²) in [5.74, 6) is 1.33. The van der Waals surface area contributed by atoms with Gasteiger partial charge in [-0.15, -0.1) is 0 Å². The van der Waals surface area contributed by atoms with Gasteiger partial charge in [0.05, 0.1) is 6.26 Å². The maximum atomic E-state index is 6.41. The van der Waals surface area contributed by atoms with Crippen molar-refractivity contribution < 1.29 is 9.47 Å². The van der Waals surface area contributed by atoms with E-state index >= 15 is 0 Å². The first-order valence-corrected chi connectivity index (χ1v) is 14.9. The summed E-state index contributed by atoms with van der Waals surface area (Å²) in [4.78, 5) is 0. The number of nitrogens with two attached hydrogens (primary N) is 1. The molecule has 0 amide bonds. The first-order chi connectivity index (χ1) is 20.5. The summed E-state index contributed by atoms with van der Waals surface area (Å²) in [5, 5.41) is 5.42. The van der Waals surface area contributed by atoms with Gasteiger partial charge >= 0.3 is 0 Å². The maximum absolute atomic E-state index is 6.41. The first-order valence-electron chi connectivity index (χ1n) is 14.9. The van der Waals surface area contributed by atoms with Gasteiger partial charge in [-0.2, -0.15) is 0 Å². The second-order valence-corrected chi connectivity index (χ2v) is 11.9. The van der Waals surface area contributed by atoms with Crippen LogP contribution in [0.5, 0.6) is 5.75 Å². The molecule has 0 radical (unpaired) electrons. The lowest BCUT2D eigenvalue weighted by Gasteiger charge is -2.25. The smallest absolute Gasteiger partial charge is 0.123 e. The number of allylic oxidation sites excluding steroid dienone is 3. The van der Waals surface area contributed by atoms with Crippen LogP contribution >= 0.6 is 0 Å². The average Bonchev–Trinajstić information content (AvgIpc) is 3.04. The van der Waals surface area contributed by atoms with E-state index in [2.05, 4.69) is 105 Å². The van der Waals surface area contributed by atoms with Crippen LogP contribution in [0.4, 0.5) is 0 Å². The third kappa shape index (κ3) is 6.12. The van der Waals surface area contributed by atoms with Crippen LogP contribution in [0.25, 0.3) is 29.0 Å². The second kappa shape index (κ2) is 12.3. The maximum Gasteiger partial charge on any atom is 0.123 e. The van der Waals surface area contributed by atoms with Crippen molar-refractivity contribution in [2.24, 2.45) is 11.1 Å². The molecule has 1 unspecified atom stereocenters. The van der Waals surface area contributed by atoms with E-state index in [1.807, 2.05) is 24.3 Å². The lowest BCUT2D eigenvalue weighted by molar-refractivity contribution is 0.286. The van der Waals surface area contributed by atoms with Gasteiger partial charge in [-0.05, 0) is 86.0 Å². The van der Waals surface area contributed by atoms with Crippen LogP contribution < -0.4 is 20.9 Å². The third-order valence-electron chi connectivity index (χ3n) is 8.31. The standard InChI is InChI=1S/C34H33NO.C5H6O/c1-34(2)17-16-28-27(20-34)12-15-31-30(28)14-11-25-9-10-26(19-32(25)31)29-13-8-24(21-35)18-33(29)36-22-23-6-4-3-5-7-23;1-2-4-6-5-3-1/h3-9,11-18,20,26H,10,19,21-22,35H2,1-2H3;1-4H,5H2. The quantitative estimate of drug-likeness (QED) is 0.282. The van der Waals surface area contributed by atoms with Gasteiger partial charge in [0.15, 0.2) is 0 Å². The Labute approximate surface area is 249 Å². The normalized spacial score (nSPS) is 17.5. The number of rotatable bonds is 5. The van der Waals surface area contributed by atoms with Gasteiger partial charge in [0.25, 0.3) is 0 Å². The molecule has 3 nitrogen and oxygen atoms in total. The zero-order valence-corrected chi connectivity index (χ0v) is 24.6. The fraction of sp³-hybridized carbons (Fsp3) is 0.231.